The lowest BCUT2D eigenvalue weighted by Crippen LogP contribution is -2.66. The Labute approximate surface area is 152 Å². The lowest BCUT2D eigenvalue weighted by molar-refractivity contribution is -0.138. The molecular formula is C20H35N3O2. The van der Waals surface area contributed by atoms with E-state index in [9.17, 15) is 9.59 Å². The van der Waals surface area contributed by atoms with Gasteiger partial charge in [-0.05, 0) is 57.5 Å². The number of carbonyl (C=O) groups is 2. The maximum absolute atomic E-state index is 13.2. The summed E-state index contributed by atoms with van der Waals surface area (Å²) in [5.41, 5.74) is -0.806. The molecule has 2 fully saturated rings. The Morgan fingerprint density at radius 2 is 2.00 bits per heavy atom. The highest BCUT2D eigenvalue weighted by Crippen LogP contribution is 2.39. The minimum absolute atomic E-state index is 0.00750. The minimum atomic E-state index is -0.806. The molecule has 5 heteroatoms. The second-order valence-corrected chi connectivity index (χ2v) is 7.74. The van der Waals surface area contributed by atoms with Crippen molar-refractivity contribution in [2.75, 3.05) is 26.2 Å². The van der Waals surface area contributed by atoms with Gasteiger partial charge in [-0.15, -0.1) is 6.58 Å². The Bertz CT molecular complexity index is 474. The van der Waals surface area contributed by atoms with Crippen molar-refractivity contribution in [3.8, 4) is 0 Å². The van der Waals surface area contributed by atoms with Crippen LogP contribution in [0.1, 0.15) is 58.8 Å². The van der Waals surface area contributed by atoms with Gasteiger partial charge >= 0.3 is 0 Å². The molecular weight excluding hydrogens is 314 g/mol. The minimum Gasteiger partial charge on any atom is -0.354 e. The van der Waals surface area contributed by atoms with Gasteiger partial charge in [-0.1, -0.05) is 19.4 Å². The molecule has 25 heavy (non-hydrogen) atoms. The molecule has 5 nitrogen and oxygen atoms in total. The molecule has 1 heterocycles. The van der Waals surface area contributed by atoms with Crippen LogP contribution in [0, 0.1) is 11.8 Å². The van der Waals surface area contributed by atoms with E-state index in [0.717, 1.165) is 45.3 Å². The van der Waals surface area contributed by atoms with E-state index in [1.807, 2.05) is 6.08 Å². The van der Waals surface area contributed by atoms with E-state index in [0.29, 0.717) is 13.0 Å². The third-order valence-corrected chi connectivity index (χ3v) is 5.80. The lowest BCUT2D eigenvalue weighted by Gasteiger charge is -2.46. The summed E-state index contributed by atoms with van der Waals surface area (Å²) in [6, 6.07) is 0. The van der Waals surface area contributed by atoms with Crippen LogP contribution in [0.4, 0.5) is 0 Å². The number of allylic oxidation sites excluding steroid dienone is 1. The summed E-state index contributed by atoms with van der Waals surface area (Å²) in [6.45, 7) is 11.3. The molecule has 0 aromatic heterocycles. The summed E-state index contributed by atoms with van der Waals surface area (Å²) in [6.07, 6.45) is 9.08. The molecule has 1 saturated heterocycles. The smallest absolute Gasteiger partial charge is 0.246 e. The summed E-state index contributed by atoms with van der Waals surface area (Å²) in [5.74, 6) is 0.305. The van der Waals surface area contributed by atoms with Crippen LogP contribution < -0.4 is 10.6 Å². The monoisotopic (exact) mass is 349 g/mol. The number of likely N-dealkylation sites (tertiary alicyclic amines) is 1. The van der Waals surface area contributed by atoms with Crippen molar-refractivity contribution in [2.24, 2.45) is 11.8 Å². The van der Waals surface area contributed by atoms with Crippen molar-refractivity contribution in [3.05, 3.63) is 12.7 Å². The van der Waals surface area contributed by atoms with Crippen LogP contribution in [-0.2, 0) is 9.59 Å². The molecule has 1 unspecified atom stereocenters. The van der Waals surface area contributed by atoms with Gasteiger partial charge in [0.15, 0.2) is 0 Å². The highest BCUT2D eigenvalue weighted by molar-refractivity contribution is 5.91. The van der Waals surface area contributed by atoms with Gasteiger partial charge in [-0.25, -0.2) is 0 Å². The van der Waals surface area contributed by atoms with Crippen LogP contribution in [0.2, 0.25) is 0 Å². The molecule has 0 aromatic rings. The topological polar surface area (TPSA) is 61.4 Å². The van der Waals surface area contributed by atoms with E-state index in [2.05, 4.69) is 29.0 Å². The molecule has 1 aliphatic carbocycles. The Morgan fingerprint density at radius 1 is 1.28 bits per heavy atom. The maximum atomic E-state index is 13.2. The molecule has 0 aromatic carbocycles. The summed E-state index contributed by atoms with van der Waals surface area (Å²) >= 11 is 0. The highest BCUT2D eigenvalue weighted by atomic mass is 16.2. The Morgan fingerprint density at radius 3 is 2.60 bits per heavy atom. The van der Waals surface area contributed by atoms with E-state index < -0.39 is 5.54 Å². The van der Waals surface area contributed by atoms with Crippen LogP contribution in [0.3, 0.4) is 0 Å². The summed E-state index contributed by atoms with van der Waals surface area (Å²) < 4.78 is 0. The number of hydrogen-bond acceptors (Lipinski definition) is 3. The van der Waals surface area contributed by atoms with E-state index >= 15 is 0 Å². The Balaban J connectivity index is 2.22. The fraction of sp³-hybridized carbons (Fsp3) is 0.800. The fourth-order valence-electron chi connectivity index (χ4n) is 4.41. The van der Waals surface area contributed by atoms with Gasteiger partial charge in [-0.2, -0.15) is 0 Å². The van der Waals surface area contributed by atoms with Crippen molar-refractivity contribution in [2.45, 2.75) is 64.3 Å². The molecule has 2 aliphatic rings. The number of nitrogens with zero attached hydrogens (tertiary/aromatic N) is 1. The van der Waals surface area contributed by atoms with Crippen LogP contribution >= 0.6 is 0 Å². The van der Waals surface area contributed by atoms with Crippen LogP contribution in [0.5, 0.6) is 0 Å². The number of carbonyl (C=O) groups excluding carboxylic acids is 2. The first kappa shape index (κ1) is 20.0. The Kier molecular flexibility index (Phi) is 7.48. The molecule has 142 valence electrons. The van der Waals surface area contributed by atoms with Gasteiger partial charge in [0.25, 0.3) is 0 Å². The molecule has 0 spiro atoms. The predicted octanol–water partition coefficient (Wildman–Crippen LogP) is 2.48. The quantitative estimate of drug-likeness (QED) is 0.523. The number of hydrogen-bond donors (Lipinski definition) is 2. The number of rotatable bonds is 8. The van der Waals surface area contributed by atoms with Gasteiger partial charge < -0.3 is 15.5 Å². The van der Waals surface area contributed by atoms with Gasteiger partial charge in [0.05, 0.1) is 0 Å². The van der Waals surface area contributed by atoms with E-state index in [1.165, 1.54) is 19.8 Å². The van der Waals surface area contributed by atoms with Crippen molar-refractivity contribution >= 4 is 11.8 Å². The summed E-state index contributed by atoms with van der Waals surface area (Å²) in [4.78, 5) is 27.6. The average molecular weight is 350 g/mol. The number of nitrogens with one attached hydrogen (secondary N) is 2. The van der Waals surface area contributed by atoms with E-state index in [4.69, 9.17) is 0 Å². The van der Waals surface area contributed by atoms with Crippen molar-refractivity contribution in [1.29, 1.82) is 0 Å². The standard InChI is InChI=1S/C20H35N3O2/c1-4-6-11-21-19(25)20(22-16(3)24)14-17(5-2)9-10-18(20)15-23-12-7-8-13-23/h5,17-18H,2,4,6-15H2,1,3H3,(H,21,25)(H,22,24)/t17-,18?,20-/m1/s1. The summed E-state index contributed by atoms with van der Waals surface area (Å²) in [7, 11) is 0. The predicted molar refractivity (Wildman–Crippen MR) is 101 cm³/mol. The van der Waals surface area contributed by atoms with Gasteiger partial charge in [0, 0.05) is 25.9 Å². The van der Waals surface area contributed by atoms with Gasteiger partial charge in [0.1, 0.15) is 5.54 Å². The van der Waals surface area contributed by atoms with Crippen molar-refractivity contribution in [3.63, 3.8) is 0 Å². The zero-order valence-corrected chi connectivity index (χ0v) is 16.0. The first-order chi connectivity index (χ1) is 12.0. The second-order valence-electron chi connectivity index (χ2n) is 7.74. The molecule has 1 aliphatic heterocycles. The maximum Gasteiger partial charge on any atom is 0.246 e. The molecule has 0 bridgehead atoms. The van der Waals surface area contributed by atoms with Gasteiger partial charge in [-0.3, -0.25) is 9.59 Å². The first-order valence-electron chi connectivity index (χ1n) is 9.93. The second kappa shape index (κ2) is 9.37. The molecule has 0 radical (unpaired) electrons. The Hall–Kier alpha value is -1.36. The number of unbranched alkanes of at least 4 members (excludes halogenated alkanes) is 1. The van der Waals surface area contributed by atoms with E-state index in [1.54, 1.807) is 0 Å². The number of amides is 2. The van der Waals surface area contributed by atoms with Gasteiger partial charge in [0.2, 0.25) is 11.8 Å². The van der Waals surface area contributed by atoms with Crippen molar-refractivity contribution in [1.82, 2.24) is 15.5 Å². The third-order valence-electron chi connectivity index (χ3n) is 5.80. The summed E-state index contributed by atoms with van der Waals surface area (Å²) in [5, 5.41) is 6.18. The largest absolute Gasteiger partial charge is 0.354 e. The molecule has 3 atom stereocenters. The first-order valence-corrected chi connectivity index (χ1v) is 9.93. The van der Waals surface area contributed by atoms with Crippen LogP contribution in [0.15, 0.2) is 12.7 Å². The molecule has 2 rings (SSSR count). The average Bonchev–Trinajstić information content (AvgIpc) is 3.09. The molecule has 1 saturated carbocycles. The molecule has 2 amide bonds. The third kappa shape index (κ3) is 5.06. The van der Waals surface area contributed by atoms with Crippen molar-refractivity contribution < 1.29 is 9.59 Å². The normalized spacial score (nSPS) is 30.0. The molecule has 2 N–H and O–H groups in total. The SMILES string of the molecule is C=C[C@@H]1CCC(CN2CCCC2)[C@@](NC(C)=O)(C(=O)NCCCC)C1. The van der Waals surface area contributed by atoms with E-state index in [-0.39, 0.29) is 23.7 Å². The lowest BCUT2D eigenvalue weighted by atomic mass is 9.67. The van der Waals surface area contributed by atoms with Crippen LogP contribution in [-0.4, -0.2) is 48.4 Å². The van der Waals surface area contributed by atoms with Crippen LogP contribution in [0.25, 0.3) is 0 Å². The zero-order chi connectivity index (χ0) is 18.3. The highest BCUT2D eigenvalue weighted by Gasteiger charge is 2.50. The zero-order valence-electron chi connectivity index (χ0n) is 16.0. The fourth-order valence-corrected chi connectivity index (χ4v) is 4.41.